The van der Waals surface area contributed by atoms with E-state index in [0.29, 0.717) is 28.1 Å². The Kier molecular flexibility index (Phi) is 4.93. The molecule has 142 valence electrons. The molecule has 27 heavy (non-hydrogen) atoms. The lowest BCUT2D eigenvalue weighted by atomic mass is 10.1. The zero-order chi connectivity index (χ0) is 19.7. The summed E-state index contributed by atoms with van der Waals surface area (Å²) in [5, 5.41) is 11.1. The van der Waals surface area contributed by atoms with Crippen molar-refractivity contribution in [2.24, 2.45) is 0 Å². The second-order valence-corrected chi connectivity index (χ2v) is 6.59. The highest BCUT2D eigenvalue weighted by Crippen LogP contribution is 2.22. The van der Waals surface area contributed by atoms with Gasteiger partial charge in [-0.25, -0.2) is 14.5 Å². The number of aromatic nitrogens is 4. The standard InChI is InChI=1S/C18H21N5O4/c1-9(2)23-16-14(8-19-23)13(6-10(3)20-16)18(25)26-12(5)17(24)21-15-7-11(4)27-22-15/h6-9,12H,1-5H3,(H,21,22,24). The molecular weight excluding hydrogens is 350 g/mol. The third-order valence-electron chi connectivity index (χ3n) is 3.94. The van der Waals surface area contributed by atoms with E-state index in [1.165, 1.54) is 6.92 Å². The zero-order valence-corrected chi connectivity index (χ0v) is 15.8. The molecule has 0 aliphatic rings. The SMILES string of the molecule is Cc1cc(C(=O)OC(C)C(=O)Nc2cc(C)on2)c2cnn(C(C)C)c2n1. The van der Waals surface area contributed by atoms with Crippen LogP contribution in [0.5, 0.6) is 0 Å². The van der Waals surface area contributed by atoms with E-state index in [1.807, 2.05) is 13.8 Å². The van der Waals surface area contributed by atoms with Crippen LogP contribution in [0.25, 0.3) is 11.0 Å². The maximum Gasteiger partial charge on any atom is 0.339 e. The molecule has 1 N–H and O–H groups in total. The summed E-state index contributed by atoms with van der Waals surface area (Å²) < 4.78 is 12.0. The molecule has 3 rings (SSSR count). The molecule has 0 saturated carbocycles. The molecular formula is C18H21N5O4. The average molecular weight is 371 g/mol. The molecule has 1 unspecified atom stereocenters. The minimum Gasteiger partial charge on any atom is -0.449 e. The van der Waals surface area contributed by atoms with Crippen molar-refractivity contribution in [1.29, 1.82) is 0 Å². The Morgan fingerprint density at radius 2 is 1.96 bits per heavy atom. The number of anilines is 1. The Bertz CT molecular complexity index is 1000. The third kappa shape index (κ3) is 3.81. The summed E-state index contributed by atoms with van der Waals surface area (Å²) in [4.78, 5) is 29.3. The fourth-order valence-corrected chi connectivity index (χ4v) is 2.62. The van der Waals surface area contributed by atoms with Crippen molar-refractivity contribution in [2.75, 3.05) is 5.32 Å². The summed E-state index contributed by atoms with van der Waals surface area (Å²) in [7, 11) is 0. The molecule has 3 heterocycles. The number of nitrogens with zero attached hydrogens (tertiary/aromatic N) is 4. The topological polar surface area (TPSA) is 112 Å². The van der Waals surface area contributed by atoms with Gasteiger partial charge in [0, 0.05) is 17.8 Å². The molecule has 1 atom stereocenters. The molecule has 0 spiro atoms. The Hall–Kier alpha value is -3.23. The van der Waals surface area contributed by atoms with Gasteiger partial charge in [0.15, 0.2) is 17.6 Å². The lowest BCUT2D eigenvalue weighted by Crippen LogP contribution is -2.30. The Labute approximate surface area is 155 Å². The second kappa shape index (κ2) is 7.18. The van der Waals surface area contributed by atoms with Gasteiger partial charge in [-0.15, -0.1) is 0 Å². The van der Waals surface area contributed by atoms with Gasteiger partial charge in [-0.1, -0.05) is 5.16 Å². The van der Waals surface area contributed by atoms with E-state index >= 15 is 0 Å². The fraction of sp³-hybridized carbons (Fsp3) is 0.389. The van der Waals surface area contributed by atoms with Crippen molar-refractivity contribution in [3.05, 3.63) is 35.3 Å². The van der Waals surface area contributed by atoms with Crippen LogP contribution >= 0.6 is 0 Å². The van der Waals surface area contributed by atoms with Crippen molar-refractivity contribution >= 4 is 28.7 Å². The first-order valence-corrected chi connectivity index (χ1v) is 8.56. The van der Waals surface area contributed by atoms with Crippen LogP contribution in [0.3, 0.4) is 0 Å². The lowest BCUT2D eigenvalue weighted by Gasteiger charge is -2.13. The van der Waals surface area contributed by atoms with E-state index in [-0.39, 0.29) is 11.9 Å². The Balaban J connectivity index is 1.80. The van der Waals surface area contributed by atoms with E-state index in [1.54, 1.807) is 36.9 Å². The number of rotatable bonds is 5. The number of ether oxygens (including phenoxy) is 1. The molecule has 3 aromatic heterocycles. The zero-order valence-electron chi connectivity index (χ0n) is 15.8. The van der Waals surface area contributed by atoms with Crippen molar-refractivity contribution in [3.8, 4) is 0 Å². The van der Waals surface area contributed by atoms with Crippen LogP contribution in [0.15, 0.2) is 22.9 Å². The summed E-state index contributed by atoms with van der Waals surface area (Å²) in [6, 6.07) is 3.29. The molecule has 0 bridgehead atoms. The van der Waals surface area contributed by atoms with Crippen molar-refractivity contribution < 1.29 is 18.8 Å². The first-order valence-electron chi connectivity index (χ1n) is 8.56. The van der Waals surface area contributed by atoms with Crippen LogP contribution in [0.1, 0.15) is 48.6 Å². The number of esters is 1. The fourth-order valence-electron chi connectivity index (χ4n) is 2.62. The average Bonchev–Trinajstić information content (AvgIpc) is 3.19. The van der Waals surface area contributed by atoms with Gasteiger partial charge >= 0.3 is 5.97 Å². The van der Waals surface area contributed by atoms with Crippen LogP contribution in [0.2, 0.25) is 0 Å². The predicted octanol–water partition coefficient (Wildman–Crippen LogP) is 2.80. The molecule has 0 saturated heterocycles. The maximum absolute atomic E-state index is 12.7. The monoisotopic (exact) mass is 371 g/mol. The summed E-state index contributed by atoms with van der Waals surface area (Å²) in [6.07, 6.45) is 0.569. The highest BCUT2D eigenvalue weighted by atomic mass is 16.5. The number of aryl methyl sites for hydroxylation is 2. The Morgan fingerprint density at radius 3 is 2.59 bits per heavy atom. The van der Waals surface area contributed by atoms with Crippen LogP contribution in [-0.4, -0.2) is 37.9 Å². The highest BCUT2D eigenvalue weighted by molar-refractivity contribution is 6.04. The number of carbonyl (C=O) groups excluding carboxylic acids is 2. The van der Waals surface area contributed by atoms with Crippen molar-refractivity contribution in [2.45, 2.75) is 46.8 Å². The molecule has 0 radical (unpaired) electrons. The van der Waals surface area contributed by atoms with Gasteiger partial charge in [-0.2, -0.15) is 5.10 Å². The molecule has 0 aliphatic carbocycles. The van der Waals surface area contributed by atoms with E-state index in [0.717, 1.165) is 0 Å². The van der Waals surface area contributed by atoms with Crippen LogP contribution in [-0.2, 0) is 9.53 Å². The number of nitrogens with one attached hydrogen (secondary N) is 1. The van der Waals surface area contributed by atoms with Crippen molar-refractivity contribution in [1.82, 2.24) is 19.9 Å². The van der Waals surface area contributed by atoms with Crippen LogP contribution in [0.4, 0.5) is 5.82 Å². The summed E-state index contributed by atoms with van der Waals surface area (Å²) >= 11 is 0. The van der Waals surface area contributed by atoms with Crippen LogP contribution in [0, 0.1) is 13.8 Å². The Morgan fingerprint density at radius 1 is 1.22 bits per heavy atom. The van der Waals surface area contributed by atoms with E-state index in [9.17, 15) is 9.59 Å². The quantitative estimate of drug-likeness (QED) is 0.686. The van der Waals surface area contributed by atoms with E-state index in [4.69, 9.17) is 9.26 Å². The molecule has 0 aromatic carbocycles. The number of hydrogen-bond acceptors (Lipinski definition) is 7. The molecule has 9 nitrogen and oxygen atoms in total. The number of fused-ring (bicyclic) bond motifs is 1. The molecule has 9 heteroatoms. The largest absolute Gasteiger partial charge is 0.449 e. The number of carbonyl (C=O) groups is 2. The van der Waals surface area contributed by atoms with Gasteiger partial charge in [-0.3, -0.25) is 4.79 Å². The second-order valence-electron chi connectivity index (χ2n) is 6.59. The van der Waals surface area contributed by atoms with Gasteiger partial charge in [-0.05, 0) is 40.7 Å². The van der Waals surface area contributed by atoms with E-state index in [2.05, 4.69) is 20.6 Å². The number of hydrogen-bond donors (Lipinski definition) is 1. The first-order chi connectivity index (χ1) is 12.8. The predicted molar refractivity (Wildman–Crippen MR) is 97.4 cm³/mol. The van der Waals surface area contributed by atoms with E-state index < -0.39 is 18.0 Å². The normalized spacial score (nSPS) is 12.4. The van der Waals surface area contributed by atoms with Crippen LogP contribution < -0.4 is 5.32 Å². The van der Waals surface area contributed by atoms with Gasteiger partial charge in [0.1, 0.15) is 5.76 Å². The first kappa shape index (κ1) is 18.6. The smallest absolute Gasteiger partial charge is 0.339 e. The molecule has 1 amide bonds. The third-order valence-corrected chi connectivity index (χ3v) is 3.94. The summed E-state index contributed by atoms with van der Waals surface area (Å²) in [5.74, 6) is -0.295. The number of amides is 1. The maximum atomic E-state index is 12.7. The highest BCUT2D eigenvalue weighted by Gasteiger charge is 2.23. The van der Waals surface area contributed by atoms with Gasteiger partial charge in [0.2, 0.25) is 0 Å². The van der Waals surface area contributed by atoms with Crippen molar-refractivity contribution in [3.63, 3.8) is 0 Å². The van der Waals surface area contributed by atoms with Gasteiger partial charge in [0.25, 0.3) is 5.91 Å². The van der Waals surface area contributed by atoms with Gasteiger partial charge in [0.05, 0.1) is 17.1 Å². The minimum absolute atomic E-state index is 0.0938. The number of pyridine rings is 1. The lowest BCUT2D eigenvalue weighted by molar-refractivity contribution is -0.123. The minimum atomic E-state index is -1.02. The summed E-state index contributed by atoms with van der Waals surface area (Å²) in [6.45, 7) is 8.94. The molecule has 0 aliphatic heterocycles. The summed E-state index contributed by atoms with van der Waals surface area (Å²) in [5.41, 5.74) is 1.58. The molecule has 0 fully saturated rings. The molecule has 3 aromatic rings. The van der Waals surface area contributed by atoms with Gasteiger partial charge < -0.3 is 14.6 Å².